The minimum Gasteiger partial charge on any atom is -0.315 e. The van der Waals surface area contributed by atoms with E-state index in [1.54, 1.807) is 6.07 Å². The number of carbonyl (C=O) groups excluding carboxylic acids is 2. The normalized spacial score (nSPS) is 10.8. The first-order chi connectivity index (χ1) is 12.2. The Kier molecular flexibility index (Phi) is 5.68. The maximum atomic E-state index is 12.1. The Balaban J connectivity index is 2.02. The van der Waals surface area contributed by atoms with E-state index in [0.717, 1.165) is 4.90 Å². The van der Waals surface area contributed by atoms with E-state index in [4.69, 9.17) is 0 Å². The monoisotopic (exact) mass is 377 g/mol. The van der Waals surface area contributed by atoms with Crippen LogP contribution in [0.15, 0.2) is 59.5 Å². The molecule has 0 aromatic heterocycles. The van der Waals surface area contributed by atoms with Crippen LogP contribution >= 0.6 is 0 Å². The van der Waals surface area contributed by atoms with Gasteiger partial charge in [-0.2, -0.15) is 0 Å². The van der Waals surface area contributed by atoms with Gasteiger partial charge in [-0.25, -0.2) is 13.1 Å². The molecule has 2 aromatic rings. The molecule has 10 heteroatoms. The van der Waals surface area contributed by atoms with Crippen molar-refractivity contribution in [3.8, 4) is 0 Å². The maximum absolute atomic E-state index is 12.1. The van der Waals surface area contributed by atoms with Crippen LogP contribution in [0.3, 0.4) is 0 Å². The second-order valence-electron chi connectivity index (χ2n) is 5.24. The summed E-state index contributed by atoms with van der Waals surface area (Å²) in [5.41, 5.74) is 0.195. The average molecular weight is 377 g/mol. The standard InChI is InChI=1S/C16H15N3O6S/c1-18(12-7-9-13(10-8-12)19(22)23)16(21)11-15(20)17-26(24,25)14-5-3-2-4-6-14/h2-10H,11H2,1H3,(H,17,20). The number of benzene rings is 2. The van der Waals surface area contributed by atoms with Crippen LogP contribution in [-0.4, -0.2) is 32.2 Å². The van der Waals surface area contributed by atoms with Gasteiger partial charge in [0, 0.05) is 24.9 Å². The van der Waals surface area contributed by atoms with Gasteiger partial charge < -0.3 is 4.90 Å². The van der Waals surface area contributed by atoms with Crippen LogP contribution in [0.1, 0.15) is 6.42 Å². The Morgan fingerprint density at radius 2 is 1.65 bits per heavy atom. The van der Waals surface area contributed by atoms with Gasteiger partial charge in [0.2, 0.25) is 11.8 Å². The summed E-state index contributed by atoms with van der Waals surface area (Å²) >= 11 is 0. The van der Waals surface area contributed by atoms with Crippen molar-refractivity contribution >= 4 is 33.2 Å². The molecule has 9 nitrogen and oxygen atoms in total. The third kappa shape index (κ3) is 4.63. The molecule has 0 fully saturated rings. The highest BCUT2D eigenvalue weighted by Crippen LogP contribution is 2.19. The number of hydrogen-bond donors (Lipinski definition) is 1. The molecule has 0 aliphatic carbocycles. The van der Waals surface area contributed by atoms with Gasteiger partial charge in [-0.15, -0.1) is 0 Å². The second-order valence-corrected chi connectivity index (χ2v) is 6.93. The minimum atomic E-state index is -4.06. The molecule has 2 aromatic carbocycles. The molecular formula is C16H15N3O6S. The quantitative estimate of drug-likeness (QED) is 0.461. The Morgan fingerprint density at radius 1 is 1.08 bits per heavy atom. The molecule has 0 aliphatic heterocycles. The topological polar surface area (TPSA) is 127 Å². The Hall–Kier alpha value is -3.27. The lowest BCUT2D eigenvalue weighted by Gasteiger charge is -2.17. The van der Waals surface area contributed by atoms with E-state index < -0.39 is 33.2 Å². The smallest absolute Gasteiger partial charge is 0.269 e. The highest BCUT2D eigenvalue weighted by Gasteiger charge is 2.21. The van der Waals surface area contributed by atoms with Gasteiger partial charge in [0.05, 0.1) is 9.82 Å². The second kappa shape index (κ2) is 7.74. The van der Waals surface area contributed by atoms with Gasteiger partial charge in [-0.3, -0.25) is 19.7 Å². The van der Waals surface area contributed by atoms with Crippen molar-refractivity contribution in [2.24, 2.45) is 0 Å². The summed E-state index contributed by atoms with van der Waals surface area (Å²) in [5, 5.41) is 10.6. The van der Waals surface area contributed by atoms with Crippen LogP contribution in [0, 0.1) is 10.1 Å². The number of rotatable bonds is 6. The van der Waals surface area contributed by atoms with Gasteiger partial charge in [-0.1, -0.05) is 18.2 Å². The first kappa shape index (κ1) is 19.1. The molecule has 0 radical (unpaired) electrons. The molecule has 0 atom stereocenters. The zero-order chi connectivity index (χ0) is 19.3. The molecular weight excluding hydrogens is 362 g/mol. The van der Waals surface area contributed by atoms with E-state index in [0.29, 0.717) is 5.69 Å². The SMILES string of the molecule is CN(C(=O)CC(=O)NS(=O)(=O)c1ccccc1)c1ccc([N+](=O)[O-])cc1. The number of anilines is 1. The average Bonchev–Trinajstić information content (AvgIpc) is 2.61. The van der Waals surface area contributed by atoms with Gasteiger partial charge in [0.15, 0.2) is 0 Å². The van der Waals surface area contributed by atoms with Gasteiger partial charge in [0.25, 0.3) is 15.7 Å². The molecule has 0 saturated carbocycles. The highest BCUT2D eigenvalue weighted by atomic mass is 32.2. The number of sulfonamides is 1. The summed E-state index contributed by atoms with van der Waals surface area (Å²) in [5.74, 6) is -1.65. The van der Waals surface area contributed by atoms with Crippen molar-refractivity contribution in [3.63, 3.8) is 0 Å². The van der Waals surface area contributed by atoms with Crippen molar-refractivity contribution in [3.05, 3.63) is 64.7 Å². The van der Waals surface area contributed by atoms with E-state index in [1.807, 2.05) is 4.72 Å². The molecule has 0 bridgehead atoms. The van der Waals surface area contributed by atoms with Crippen LogP contribution < -0.4 is 9.62 Å². The Labute approximate surface area is 149 Å². The molecule has 0 spiro atoms. The molecule has 2 amide bonds. The number of nitrogens with one attached hydrogen (secondary N) is 1. The zero-order valence-corrected chi connectivity index (χ0v) is 14.5. The van der Waals surface area contributed by atoms with E-state index in [-0.39, 0.29) is 10.6 Å². The van der Waals surface area contributed by atoms with Gasteiger partial charge >= 0.3 is 0 Å². The van der Waals surface area contributed by atoms with Gasteiger partial charge in [-0.05, 0) is 24.3 Å². The lowest BCUT2D eigenvalue weighted by atomic mass is 10.2. The molecule has 136 valence electrons. The molecule has 0 saturated heterocycles. The molecule has 0 heterocycles. The number of non-ortho nitro benzene ring substituents is 1. The predicted octanol–water partition coefficient (Wildman–Crippen LogP) is 1.45. The number of nitrogens with zero attached hydrogens (tertiary/aromatic N) is 2. The Bertz CT molecular complexity index is 926. The summed E-state index contributed by atoms with van der Waals surface area (Å²) in [6.45, 7) is 0. The molecule has 26 heavy (non-hydrogen) atoms. The number of hydrogen-bond acceptors (Lipinski definition) is 6. The van der Waals surface area contributed by atoms with Crippen molar-refractivity contribution in [2.45, 2.75) is 11.3 Å². The van der Waals surface area contributed by atoms with Crippen molar-refractivity contribution < 1.29 is 22.9 Å². The zero-order valence-electron chi connectivity index (χ0n) is 13.7. The predicted molar refractivity (Wildman–Crippen MR) is 92.9 cm³/mol. The number of nitro benzene ring substituents is 1. The van der Waals surface area contributed by atoms with Crippen molar-refractivity contribution in [1.82, 2.24) is 4.72 Å². The third-order valence-electron chi connectivity index (χ3n) is 3.44. The van der Waals surface area contributed by atoms with Crippen LogP contribution in [0.2, 0.25) is 0 Å². The number of carbonyl (C=O) groups is 2. The molecule has 1 N–H and O–H groups in total. The third-order valence-corrected chi connectivity index (χ3v) is 4.82. The summed E-state index contributed by atoms with van der Waals surface area (Å²) in [7, 11) is -2.68. The fourth-order valence-electron chi connectivity index (χ4n) is 2.04. The van der Waals surface area contributed by atoms with E-state index in [1.165, 1.54) is 55.6 Å². The van der Waals surface area contributed by atoms with Crippen molar-refractivity contribution in [2.75, 3.05) is 11.9 Å². The molecule has 0 unspecified atom stereocenters. The number of amides is 2. The fraction of sp³-hybridized carbons (Fsp3) is 0.125. The summed E-state index contributed by atoms with van der Waals surface area (Å²) in [6.07, 6.45) is -0.695. The minimum absolute atomic E-state index is 0.0930. The van der Waals surface area contributed by atoms with Crippen molar-refractivity contribution in [1.29, 1.82) is 0 Å². The highest BCUT2D eigenvalue weighted by molar-refractivity contribution is 7.90. The fourth-order valence-corrected chi connectivity index (χ4v) is 3.05. The lowest BCUT2D eigenvalue weighted by molar-refractivity contribution is -0.384. The summed E-state index contributed by atoms with van der Waals surface area (Å²) in [6, 6.07) is 12.4. The lowest BCUT2D eigenvalue weighted by Crippen LogP contribution is -2.36. The molecule has 0 aliphatic rings. The maximum Gasteiger partial charge on any atom is 0.269 e. The summed E-state index contributed by atoms with van der Waals surface area (Å²) in [4.78, 5) is 35.1. The first-order valence-corrected chi connectivity index (χ1v) is 8.81. The Morgan fingerprint density at radius 3 is 2.19 bits per heavy atom. The molecule has 2 rings (SSSR count). The van der Waals surface area contributed by atoms with E-state index >= 15 is 0 Å². The van der Waals surface area contributed by atoms with Crippen LogP contribution in [0.25, 0.3) is 0 Å². The van der Waals surface area contributed by atoms with Crippen LogP contribution in [0.4, 0.5) is 11.4 Å². The van der Waals surface area contributed by atoms with Crippen LogP contribution in [-0.2, 0) is 19.6 Å². The van der Waals surface area contributed by atoms with Crippen LogP contribution in [0.5, 0.6) is 0 Å². The number of nitro groups is 1. The summed E-state index contributed by atoms with van der Waals surface area (Å²) < 4.78 is 25.9. The largest absolute Gasteiger partial charge is 0.315 e. The first-order valence-electron chi connectivity index (χ1n) is 7.32. The van der Waals surface area contributed by atoms with E-state index in [9.17, 15) is 28.1 Å². The van der Waals surface area contributed by atoms with E-state index in [2.05, 4.69) is 0 Å². The van der Waals surface area contributed by atoms with Gasteiger partial charge in [0.1, 0.15) is 6.42 Å².